The molecule has 0 aliphatic heterocycles. The highest BCUT2D eigenvalue weighted by Crippen LogP contribution is 2.13. The number of esters is 1. The molecule has 0 aliphatic carbocycles. The van der Waals surface area contributed by atoms with Crippen LogP contribution >= 0.6 is 0 Å². The zero-order valence-corrected chi connectivity index (χ0v) is 15.3. The standard InChI is InChI=1S/C18H19N3O5S/c22-18(26-11-3-8-21-9-7-19-14-21)15-4-1-6-17(12-15)27(23,24)20-13-16-5-2-10-25-16/h1-2,4-7,9-10,12,14,20H,3,8,11,13H2. The first kappa shape index (κ1) is 18.9. The summed E-state index contributed by atoms with van der Waals surface area (Å²) >= 11 is 0. The van der Waals surface area contributed by atoms with Crippen molar-refractivity contribution in [3.63, 3.8) is 0 Å². The average Bonchev–Trinajstić information content (AvgIpc) is 3.37. The topological polar surface area (TPSA) is 103 Å². The molecular weight excluding hydrogens is 370 g/mol. The summed E-state index contributed by atoms with van der Waals surface area (Å²) in [4.78, 5) is 16.1. The number of benzene rings is 1. The summed E-state index contributed by atoms with van der Waals surface area (Å²) in [5.41, 5.74) is 0.179. The Bertz CT molecular complexity index is 966. The summed E-state index contributed by atoms with van der Waals surface area (Å²) in [6, 6.07) is 9.07. The van der Waals surface area contributed by atoms with E-state index in [0.29, 0.717) is 18.7 Å². The van der Waals surface area contributed by atoms with E-state index in [0.717, 1.165) is 0 Å². The van der Waals surface area contributed by atoms with E-state index in [1.54, 1.807) is 24.7 Å². The number of imidazole rings is 1. The van der Waals surface area contributed by atoms with Gasteiger partial charge in [0.25, 0.3) is 0 Å². The van der Waals surface area contributed by atoms with Crippen LogP contribution in [0.4, 0.5) is 0 Å². The maximum Gasteiger partial charge on any atom is 0.338 e. The first-order valence-corrected chi connectivity index (χ1v) is 9.78. The van der Waals surface area contributed by atoms with Crippen LogP contribution in [0.5, 0.6) is 0 Å². The second kappa shape index (κ2) is 8.65. The molecule has 0 saturated carbocycles. The Morgan fingerprint density at radius 3 is 2.89 bits per heavy atom. The molecule has 0 fully saturated rings. The second-order valence-corrected chi connectivity index (χ2v) is 7.49. The number of rotatable bonds is 9. The van der Waals surface area contributed by atoms with Crippen LogP contribution in [0, 0.1) is 0 Å². The summed E-state index contributed by atoms with van der Waals surface area (Å²) in [5.74, 6) is -0.0734. The summed E-state index contributed by atoms with van der Waals surface area (Å²) < 4.78 is 39.4. The van der Waals surface area contributed by atoms with Gasteiger partial charge in [-0.2, -0.15) is 0 Å². The maximum atomic E-state index is 12.4. The van der Waals surface area contributed by atoms with Crippen LogP contribution in [0.1, 0.15) is 22.5 Å². The lowest BCUT2D eigenvalue weighted by Crippen LogP contribution is -2.23. The average molecular weight is 389 g/mol. The molecule has 27 heavy (non-hydrogen) atoms. The molecule has 3 rings (SSSR count). The van der Waals surface area contributed by atoms with Crippen LogP contribution in [-0.2, 0) is 27.8 Å². The predicted molar refractivity (Wildman–Crippen MR) is 96.3 cm³/mol. The van der Waals surface area contributed by atoms with Crippen molar-refractivity contribution in [2.24, 2.45) is 0 Å². The molecule has 1 N–H and O–H groups in total. The van der Waals surface area contributed by atoms with E-state index >= 15 is 0 Å². The Morgan fingerprint density at radius 1 is 1.26 bits per heavy atom. The van der Waals surface area contributed by atoms with Crippen LogP contribution in [0.3, 0.4) is 0 Å². The molecule has 0 saturated heterocycles. The Balaban J connectivity index is 1.56. The van der Waals surface area contributed by atoms with Gasteiger partial charge in [-0.05, 0) is 36.8 Å². The first-order chi connectivity index (χ1) is 13.0. The molecule has 0 unspecified atom stereocenters. The van der Waals surface area contributed by atoms with E-state index in [1.165, 1.54) is 30.5 Å². The van der Waals surface area contributed by atoms with E-state index in [9.17, 15) is 13.2 Å². The third-order valence-electron chi connectivity index (χ3n) is 3.75. The number of furan rings is 1. The quantitative estimate of drug-likeness (QED) is 0.444. The molecule has 3 aromatic rings. The molecule has 0 bridgehead atoms. The van der Waals surface area contributed by atoms with Crippen molar-refractivity contribution in [2.45, 2.75) is 24.4 Å². The predicted octanol–water partition coefficient (Wildman–Crippen LogP) is 2.20. The van der Waals surface area contributed by atoms with Gasteiger partial charge in [0.15, 0.2) is 0 Å². The fourth-order valence-corrected chi connectivity index (χ4v) is 3.41. The number of nitrogens with one attached hydrogen (secondary N) is 1. The molecule has 9 heteroatoms. The Kier molecular flexibility index (Phi) is 6.05. The highest BCUT2D eigenvalue weighted by molar-refractivity contribution is 7.89. The number of nitrogens with zero attached hydrogens (tertiary/aromatic N) is 2. The Labute approximate surface area is 156 Å². The van der Waals surface area contributed by atoms with Gasteiger partial charge in [-0.25, -0.2) is 22.9 Å². The van der Waals surface area contributed by atoms with Crippen LogP contribution in [0.2, 0.25) is 0 Å². The lowest BCUT2D eigenvalue weighted by Gasteiger charge is -2.08. The number of hydrogen-bond acceptors (Lipinski definition) is 6. The first-order valence-electron chi connectivity index (χ1n) is 8.29. The number of aromatic nitrogens is 2. The smallest absolute Gasteiger partial charge is 0.338 e. The van der Waals surface area contributed by atoms with Crippen LogP contribution in [0.25, 0.3) is 0 Å². The molecule has 8 nitrogen and oxygen atoms in total. The molecule has 142 valence electrons. The van der Waals surface area contributed by atoms with E-state index in [-0.39, 0.29) is 23.6 Å². The fraction of sp³-hybridized carbons (Fsp3) is 0.222. The van der Waals surface area contributed by atoms with Crippen LogP contribution in [-0.4, -0.2) is 30.5 Å². The second-order valence-electron chi connectivity index (χ2n) is 5.72. The van der Waals surface area contributed by atoms with Gasteiger partial charge in [0.05, 0.1) is 36.2 Å². The van der Waals surface area contributed by atoms with E-state index in [1.807, 2.05) is 10.8 Å². The third-order valence-corrected chi connectivity index (χ3v) is 5.15. The van der Waals surface area contributed by atoms with Gasteiger partial charge in [0.2, 0.25) is 10.0 Å². The molecule has 0 radical (unpaired) electrons. The SMILES string of the molecule is O=C(OCCCn1ccnc1)c1cccc(S(=O)(=O)NCc2ccco2)c1. The minimum Gasteiger partial charge on any atom is -0.468 e. The molecule has 1 aromatic carbocycles. The zero-order valence-electron chi connectivity index (χ0n) is 14.4. The number of carbonyl (C=O) groups excluding carboxylic acids is 1. The van der Waals surface area contributed by atoms with Crippen LogP contribution in [0.15, 0.2) is 70.7 Å². The van der Waals surface area contributed by atoms with Crippen molar-refractivity contribution in [2.75, 3.05) is 6.61 Å². The van der Waals surface area contributed by atoms with Gasteiger partial charge in [0, 0.05) is 18.9 Å². The van der Waals surface area contributed by atoms with Crippen molar-refractivity contribution in [3.8, 4) is 0 Å². The van der Waals surface area contributed by atoms with Crippen molar-refractivity contribution >= 4 is 16.0 Å². The van der Waals surface area contributed by atoms with Gasteiger partial charge in [-0.1, -0.05) is 6.07 Å². The molecule has 2 heterocycles. The number of carbonyl (C=O) groups is 1. The van der Waals surface area contributed by atoms with Gasteiger partial charge in [-0.15, -0.1) is 0 Å². The summed E-state index contributed by atoms with van der Waals surface area (Å²) in [5, 5.41) is 0. The lowest BCUT2D eigenvalue weighted by atomic mass is 10.2. The maximum absolute atomic E-state index is 12.4. The minimum absolute atomic E-state index is 0.0121. The summed E-state index contributed by atoms with van der Waals surface area (Å²) in [6.45, 7) is 0.932. The Hall–Kier alpha value is -2.91. The number of aryl methyl sites for hydroxylation is 1. The molecule has 0 aliphatic rings. The normalized spacial score (nSPS) is 11.4. The Morgan fingerprint density at radius 2 is 2.15 bits per heavy atom. The van der Waals surface area contributed by atoms with Crippen molar-refractivity contribution in [1.82, 2.24) is 14.3 Å². The van der Waals surface area contributed by atoms with Gasteiger partial charge in [0.1, 0.15) is 5.76 Å². The van der Waals surface area contributed by atoms with Crippen molar-refractivity contribution in [1.29, 1.82) is 0 Å². The fourth-order valence-electron chi connectivity index (χ4n) is 2.37. The summed E-state index contributed by atoms with van der Waals surface area (Å²) in [6.07, 6.45) is 7.29. The summed E-state index contributed by atoms with van der Waals surface area (Å²) in [7, 11) is -3.78. The molecular formula is C18H19N3O5S. The van der Waals surface area contributed by atoms with Gasteiger partial charge < -0.3 is 13.7 Å². The lowest BCUT2D eigenvalue weighted by molar-refractivity contribution is 0.0495. The number of sulfonamides is 1. The van der Waals surface area contributed by atoms with E-state index < -0.39 is 16.0 Å². The molecule has 0 amide bonds. The van der Waals surface area contributed by atoms with Crippen molar-refractivity contribution < 1.29 is 22.4 Å². The highest BCUT2D eigenvalue weighted by atomic mass is 32.2. The molecule has 2 aromatic heterocycles. The monoisotopic (exact) mass is 389 g/mol. The van der Waals surface area contributed by atoms with Gasteiger partial charge >= 0.3 is 5.97 Å². The minimum atomic E-state index is -3.78. The largest absolute Gasteiger partial charge is 0.468 e. The molecule has 0 atom stereocenters. The third kappa shape index (κ3) is 5.28. The highest BCUT2D eigenvalue weighted by Gasteiger charge is 2.17. The zero-order chi connectivity index (χ0) is 19.1. The van der Waals surface area contributed by atoms with Gasteiger partial charge in [-0.3, -0.25) is 0 Å². The van der Waals surface area contributed by atoms with E-state index in [2.05, 4.69) is 9.71 Å². The number of hydrogen-bond donors (Lipinski definition) is 1. The van der Waals surface area contributed by atoms with E-state index in [4.69, 9.17) is 9.15 Å². The van der Waals surface area contributed by atoms with Crippen molar-refractivity contribution in [3.05, 3.63) is 72.7 Å². The van der Waals surface area contributed by atoms with Crippen LogP contribution < -0.4 is 4.72 Å². The number of ether oxygens (including phenoxy) is 1. The molecule has 0 spiro atoms.